The van der Waals surface area contributed by atoms with Gasteiger partial charge in [0, 0.05) is 30.4 Å². The first-order chi connectivity index (χ1) is 16.2. The van der Waals surface area contributed by atoms with E-state index in [1.165, 1.54) is 38.6 Å². The van der Waals surface area contributed by atoms with Gasteiger partial charge < -0.3 is 14.8 Å². The maximum atomic E-state index is 14.6. The van der Waals surface area contributed by atoms with Crippen LogP contribution in [0.5, 0.6) is 11.8 Å². The van der Waals surface area contributed by atoms with Gasteiger partial charge in [-0.15, -0.1) is 0 Å². The lowest BCUT2D eigenvalue weighted by atomic mass is 10.1. The molecule has 0 spiro atoms. The molecule has 4 rings (SSSR count). The standard InChI is InChI=1S/C21H18ClFN6O4S/c1-24-21-26-9-12-6-16(19(32-2)27-18(12)28-21)11-4-14(23)8-15(5-11)29-34(30,31)17-7-13(22)10-25-20(17)33-3/h4-10,29H,1-3H3,(H,24,26,27,28). The van der Waals surface area contributed by atoms with E-state index in [-0.39, 0.29) is 27.4 Å². The lowest BCUT2D eigenvalue weighted by molar-refractivity contribution is 0.385. The highest BCUT2D eigenvalue weighted by Gasteiger charge is 2.22. The number of benzene rings is 1. The lowest BCUT2D eigenvalue weighted by Crippen LogP contribution is -2.15. The Balaban J connectivity index is 1.79. The van der Waals surface area contributed by atoms with Crippen molar-refractivity contribution in [3.8, 4) is 22.9 Å². The molecule has 0 aliphatic heterocycles. The van der Waals surface area contributed by atoms with Gasteiger partial charge in [0.25, 0.3) is 10.0 Å². The van der Waals surface area contributed by atoms with Gasteiger partial charge in [-0.05, 0) is 35.9 Å². The number of anilines is 2. The second-order valence-corrected chi connectivity index (χ2v) is 8.98. The first kappa shape index (κ1) is 23.4. The van der Waals surface area contributed by atoms with Gasteiger partial charge in [-0.2, -0.15) is 9.97 Å². The molecule has 176 valence electrons. The smallest absolute Gasteiger partial charge is 0.267 e. The van der Waals surface area contributed by atoms with Crippen molar-refractivity contribution in [1.29, 1.82) is 0 Å². The number of rotatable bonds is 7. The number of fused-ring (bicyclic) bond motifs is 1. The predicted octanol–water partition coefficient (Wildman–Crippen LogP) is 3.74. The molecule has 0 saturated carbocycles. The first-order valence-corrected chi connectivity index (χ1v) is 11.5. The average Bonchev–Trinajstić information content (AvgIpc) is 2.82. The van der Waals surface area contributed by atoms with E-state index in [9.17, 15) is 12.8 Å². The molecule has 10 nitrogen and oxygen atoms in total. The van der Waals surface area contributed by atoms with Gasteiger partial charge in [0.1, 0.15) is 5.82 Å². The van der Waals surface area contributed by atoms with E-state index in [4.69, 9.17) is 21.1 Å². The molecule has 0 atom stereocenters. The van der Waals surface area contributed by atoms with Crippen molar-refractivity contribution >= 4 is 44.3 Å². The zero-order valence-electron chi connectivity index (χ0n) is 18.1. The Morgan fingerprint density at radius 2 is 1.74 bits per heavy atom. The number of sulfonamides is 1. The molecule has 2 N–H and O–H groups in total. The van der Waals surface area contributed by atoms with Gasteiger partial charge in [0.05, 0.1) is 24.9 Å². The van der Waals surface area contributed by atoms with Crippen molar-refractivity contribution in [3.05, 3.63) is 53.6 Å². The largest absolute Gasteiger partial charge is 0.480 e. The summed E-state index contributed by atoms with van der Waals surface area (Å²) in [4.78, 5) is 16.4. The number of halogens is 2. The third-order valence-electron chi connectivity index (χ3n) is 4.68. The highest BCUT2D eigenvalue weighted by Crippen LogP contribution is 2.34. The molecule has 0 unspecified atom stereocenters. The van der Waals surface area contributed by atoms with Crippen LogP contribution in [0.4, 0.5) is 16.0 Å². The summed E-state index contributed by atoms with van der Waals surface area (Å²) >= 11 is 5.91. The minimum atomic E-state index is -4.21. The number of hydrogen-bond acceptors (Lipinski definition) is 9. The number of aromatic nitrogens is 4. The molecule has 3 heterocycles. The fraction of sp³-hybridized carbons (Fsp3) is 0.143. The summed E-state index contributed by atoms with van der Waals surface area (Å²) in [6.45, 7) is 0. The third-order valence-corrected chi connectivity index (χ3v) is 6.26. The molecular weight excluding hydrogens is 487 g/mol. The summed E-state index contributed by atoms with van der Waals surface area (Å²) in [7, 11) is 0.154. The molecule has 1 aromatic carbocycles. The predicted molar refractivity (Wildman–Crippen MR) is 125 cm³/mol. The van der Waals surface area contributed by atoms with Gasteiger partial charge in [-0.3, -0.25) is 4.72 Å². The zero-order valence-corrected chi connectivity index (χ0v) is 19.7. The molecule has 0 amide bonds. The quantitative estimate of drug-likeness (QED) is 0.386. The number of nitrogens with one attached hydrogen (secondary N) is 2. The van der Waals surface area contributed by atoms with Crippen molar-refractivity contribution in [2.45, 2.75) is 4.90 Å². The molecule has 34 heavy (non-hydrogen) atoms. The Labute approximate surface area is 199 Å². The first-order valence-electron chi connectivity index (χ1n) is 9.67. The van der Waals surface area contributed by atoms with Gasteiger partial charge >= 0.3 is 0 Å². The summed E-state index contributed by atoms with van der Waals surface area (Å²) in [5.74, 6) is -0.290. The molecule has 0 radical (unpaired) electrons. The van der Waals surface area contributed by atoms with Gasteiger partial charge in [-0.1, -0.05) is 11.6 Å². The second-order valence-electron chi connectivity index (χ2n) is 6.90. The number of ether oxygens (including phenoxy) is 2. The SMILES string of the molecule is CNc1ncc2cc(-c3cc(F)cc(NS(=O)(=O)c4cc(Cl)cnc4OC)c3)c(OC)nc2n1. The third kappa shape index (κ3) is 4.63. The minimum Gasteiger partial charge on any atom is -0.480 e. The number of nitrogens with zero attached hydrogens (tertiary/aromatic N) is 4. The summed E-state index contributed by atoms with van der Waals surface area (Å²) in [6.07, 6.45) is 2.81. The van der Waals surface area contributed by atoms with Crippen LogP contribution in [0.25, 0.3) is 22.2 Å². The van der Waals surface area contributed by atoms with Crippen molar-refractivity contribution in [2.24, 2.45) is 0 Å². The molecular formula is C21H18ClFN6O4S. The van der Waals surface area contributed by atoms with Gasteiger partial charge in [-0.25, -0.2) is 22.8 Å². The average molecular weight is 505 g/mol. The Morgan fingerprint density at radius 3 is 2.44 bits per heavy atom. The van der Waals surface area contributed by atoms with Crippen LogP contribution < -0.4 is 19.5 Å². The van der Waals surface area contributed by atoms with Crippen LogP contribution in [0.2, 0.25) is 5.02 Å². The molecule has 0 fully saturated rings. The Bertz CT molecular complexity index is 1500. The molecule has 13 heteroatoms. The number of pyridine rings is 2. The maximum Gasteiger partial charge on any atom is 0.267 e. The highest BCUT2D eigenvalue weighted by molar-refractivity contribution is 7.92. The highest BCUT2D eigenvalue weighted by atomic mass is 35.5. The Morgan fingerprint density at radius 1 is 0.971 bits per heavy atom. The van der Waals surface area contributed by atoms with Crippen LogP contribution in [0.15, 0.2) is 47.6 Å². The van der Waals surface area contributed by atoms with E-state index in [0.29, 0.717) is 28.1 Å². The Hall–Kier alpha value is -3.77. The number of methoxy groups -OCH3 is 2. The van der Waals surface area contributed by atoms with Crippen LogP contribution in [0.1, 0.15) is 0 Å². The van der Waals surface area contributed by atoms with E-state index in [1.54, 1.807) is 19.3 Å². The summed E-state index contributed by atoms with van der Waals surface area (Å²) in [5, 5.41) is 3.50. The van der Waals surface area contributed by atoms with Crippen LogP contribution >= 0.6 is 11.6 Å². The van der Waals surface area contributed by atoms with Gasteiger partial charge in [0.2, 0.25) is 17.7 Å². The Kier molecular flexibility index (Phi) is 6.35. The molecule has 0 aliphatic rings. The van der Waals surface area contributed by atoms with Crippen LogP contribution in [-0.4, -0.2) is 49.6 Å². The normalized spacial score (nSPS) is 11.3. The summed E-state index contributed by atoms with van der Waals surface area (Å²) in [5.41, 5.74) is 1.06. The molecule has 0 aliphatic carbocycles. The summed E-state index contributed by atoms with van der Waals surface area (Å²) < 4.78 is 53.3. The monoisotopic (exact) mass is 504 g/mol. The van der Waals surface area contributed by atoms with Crippen molar-refractivity contribution < 1.29 is 22.3 Å². The molecule has 3 aromatic heterocycles. The van der Waals surface area contributed by atoms with Crippen LogP contribution in [0, 0.1) is 5.82 Å². The van der Waals surface area contributed by atoms with E-state index in [1.807, 2.05) is 0 Å². The lowest BCUT2D eigenvalue weighted by Gasteiger charge is -2.14. The second kappa shape index (κ2) is 9.23. The van der Waals surface area contributed by atoms with E-state index >= 15 is 0 Å². The fourth-order valence-electron chi connectivity index (χ4n) is 3.20. The van der Waals surface area contributed by atoms with Crippen molar-refractivity contribution in [1.82, 2.24) is 19.9 Å². The van der Waals surface area contributed by atoms with E-state index < -0.39 is 15.8 Å². The van der Waals surface area contributed by atoms with Crippen molar-refractivity contribution in [2.75, 3.05) is 31.3 Å². The van der Waals surface area contributed by atoms with Crippen molar-refractivity contribution in [3.63, 3.8) is 0 Å². The topological polar surface area (TPSA) is 128 Å². The van der Waals surface area contributed by atoms with Crippen LogP contribution in [0.3, 0.4) is 0 Å². The minimum absolute atomic E-state index is 0.0408. The number of hydrogen-bond donors (Lipinski definition) is 2. The fourth-order valence-corrected chi connectivity index (χ4v) is 4.61. The summed E-state index contributed by atoms with van der Waals surface area (Å²) in [6, 6.07) is 6.57. The van der Waals surface area contributed by atoms with E-state index in [0.717, 1.165) is 6.07 Å². The maximum absolute atomic E-state index is 14.6. The molecule has 4 aromatic rings. The molecule has 0 saturated heterocycles. The molecule has 0 bridgehead atoms. The zero-order chi connectivity index (χ0) is 24.5. The van der Waals surface area contributed by atoms with E-state index in [2.05, 4.69) is 30.0 Å². The van der Waals surface area contributed by atoms with Crippen LogP contribution in [-0.2, 0) is 10.0 Å². The van der Waals surface area contributed by atoms with Gasteiger partial charge in [0.15, 0.2) is 10.5 Å².